The Kier molecular flexibility index (Phi) is 8.57. The van der Waals surface area contributed by atoms with Gasteiger partial charge in [0, 0.05) is 36.9 Å². The Labute approximate surface area is 232 Å². The number of carbonyl (C=O) groups is 1. The molecule has 1 aromatic heterocycles. The molecule has 0 bridgehead atoms. The van der Waals surface area contributed by atoms with Gasteiger partial charge >= 0.3 is 0 Å². The Morgan fingerprint density at radius 1 is 1.23 bits per heavy atom. The lowest BCUT2D eigenvalue weighted by molar-refractivity contribution is -0.385. The minimum atomic E-state index is -4.20. The van der Waals surface area contributed by atoms with E-state index in [0.29, 0.717) is 24.4 Å². The highest BCUT2D eigenvalue weighted by atomic mass is 32.2. The maximum absolute atomic E-state index is 13.2. The third kappa shape index (κ3) is 6.16. The maximum Gasteiger partial charge on any atom is 0.272 e. The van der Waals surface area contributed by atoms with Crippen LogP contribution in [0, 0.1) is 30.9 Å². The highest BCUT2D eigenvalue weighted by molar-refractivity contribution is 7.89. The summed E-state index contributed by atoms with van der Waals surface area (Å²) in [7, 11) is -4.20. The first-order chi connectivity index (χ1) is 18.9. The molecule has 1 atom stereocenters. The zero-order chi connectivity index (χ0) is 29.2. The average molecular weight is 572 g/mol. The van der Waals surface area contributed by atoms with Gasteiger partial charge in [-0.15, -0.1) is 0 Å². The van der Waals surface area contributed by atoms with E-state index in [9.17, 15) is 23.3 Å². The summed E-state index contributed by atoms with van der Waals surface area (Å²) >= 11 is 0. The van der Waals surface area contributed by atoms with Crippen molar-refractivity contribution in [2.75, 3.05) is 13.2 Å². The van der Waals surface area contributed by atoms with E-state index in [-0.39, 0.29) is 23.4 Å². The number of hydrogen-bond donors (Lipinski definition) is 2. The number of carbonyl (C=O) groups excluding carboxylic acids is 1. The third-order valence-corrected chi connectivity index (χ3v) is 8.31. The fourth-order valence-corrected chi connectivity index (χ4v) is 5.82. The van der Waals surface area contributed by atoms with E-state index in [4.69, 9.17) is 9.47 Å². The zero-order valence-electron chi connectivity index (χ0n) is 23.1. The quantitative estimate of drug-likeness (QED) is 0.272. The molecule has 3 aromatic rings. The van der Waals surface area contributed by atoms with E-state index in [0.717, 1.165) is 36.1 Å². The number of nitro groups is 1. The summed E-state index contributed by atoms with van der Waals surface area (Å²) in [5.74, 6) is -0.481. The lowest BCUT2D eigenvalue weighted by atomic mass is 10.1. The minimum absolute atomic E-state index is 0.0672. The normalized spacial score (nSPS) is 15.4. The Morgan fingerprint density at radius 3 is 2.62 bits per heavy atom. The number of ether oxygens (including phenoxy) is 2. The Balaban J connectivity index is 1.83. The number of nitrogens with one attached hydrogen (secondary N) is 2. The Morgan fingerprint density at radius 2 is 1.98 bits per heavy atom. The van der Waals surface area contributed by atoms with Crippen molar-refractivity contribution in [2.24, 2.45) is 0 Å². The summed E-state index contributed by atoms with van der Waals surface area (Å²) < 4.78 is 42.0. The molecule has 1 aliphatic rings. The van der Waals surface area contributed by atoms with Crippen molar-refractivity contribution in [3.8, 4) is 17.3 Å². The van der Waals surface area contributed by atoms with Crippen molar-refractivity contribution in [2.45, 2.75) is 64.5 Å². The van der Waals surface area contributed by atoms with Crippen molar-refractivity contribution < 1.29 is 27.6 Å². The van der Waals surface area contributed by atoms with Gasteiger partial charge in [0.1, 0.15) is 10.6 Å². The molecule has 13 heteroatoms. The van der Waals surface area contributed by atoms with E-state index < -0.39 is 37.5 Å². The van der Waals surface area contributed by atoms with Crippen molar-refractivity contribution in [1.29, 1.82) is 0 Å². The molecule has 0 spiro atoms. The molecule has 0 saturated carbocycles. The summed E-state index contributed by atoms with van der Waals surface area (Å²) in [6.45, 7) is 9.74. The molecule has 2 aromatic carbocycles. The summed E-state index contributed by atoms with van der Waals surface area (Å²) in [6.07, 6.45) is 1.72. The van der Waals surface area contributed by atoms with Gasteiger partial charge in [-0.2, -0.15) is 9.78 Å². The first-order valence-corrected chi connectivity index (χ1v) is 14.4. The summed E-state index contributed by atoms with van der Waals surface area (Å²) in [4.78, 5) is 23.6. The van der Waals surface area contributed by atoms with Crippen LogP contribution >= 0.6 is 0 Å². The number of non-ortho nitro benzene ring substituents is 1. The second-order valence-corrected chi connectivity index (χ2v) is 11.7. The predicted molar refractivity (Wildman–Crippen MR) is 148 cm³/mol. The van der Waals surface area contributed by atoms with Crippen molar-refractivity contribution in [1.82, 2.24) is 19.8 Å². The van der Waals surface area contributed by atoms with Crippen LogP contribution in [0.2, 0.25) is 0 Å². The van der Waals surface area contributed by atoms with Crippen LogP contribution in [0.3, 0.4) is 0 Å². The molecule has 0 radical (unpaired) electrons. The van der Waals surface area contributed by atoms with Crippen LogP contribution in [-0.2, 0) is 14.8 Å². The van der Waals surface area contributed by atoms with Crippen LogP contribution < -0.4 is 14.8 Å². The van der Waals surface area contributed by atoms with E-state index in [1.807, 2.05) is 32.0 Å². The molecular weight excluding hydrogens is 538 g/mol. The standard InChI is InChI=1S/C27H33N5O7S/c1-16(2)30-40(36,37)24-14-20(32(34)35)11-12-23(24)39-27-19(5)25(26(33)28-15-21-9-7-13-38-21)29-31(27)22-10-6-8-17(3)18(22)4/h6,8,10-12,14,16,21,30H,7,9,13,15H2,1-5H3,(H,28,33)/t21-/m1/s1. The second kappa shape index (κ2) is 11.7. The number of amides is 1. The van der Waals surface area contributed by atoms with Crippen LogP contribution in [0.4, 0.5) is 5.69 Å². The molecular formula is C27H33N5O7S. The van der Waals surface area contributed by atoms with Crippen LogP contribution in [0.15, 0.2) is 41.3 Å². The van der Waals surface area contributed by atoms with Gasteiger partial charge in [0.25, 0.3) is 11.6 Å². The number of sulfonamides is 1. The highest BCUT2D eigenvalue weighted by Crippen LogP contribution is 2.36. The smallest absolute Gasteiger partial charge is 0.272 e. The monoisotopic (exact) mass is 571 g/mol. The first kappa shape index (κ1) is 29.2. The molecule has 214 valence electrons. The van der Waals surface area contributed by atoms with E-state index in [1.165, 1.54) is 10.7 Å². The number of rotatable bonds is 10. The topological polar surface area (TPSA) is 155 Å². The maximum atomic E-state index is 13.2. The van der Waals surface area contributed by atoms with Gasteiger partial charge in [0.15, 0.2) is 5.69 Å². The van der Waals surface area contributed by atoms with Crippen molar-refractivity contribution >= 4 is 21.6 Å². The van der Waals surface area contributed by atoms with Gasteiger partial charge in [-0.1, -0.05) is 12.1 Å². The van der Waals surface area contributed by atoms with Crippen molar-refractivity contribution in [3.05, 3.63) is 68.9 Å². The SMILES string of the molecule is Cc1cccc(-n2nc(C(=O)NC[C@H]3CCCO3)c(C)c2Oc2ccc([N+](=O)[O-])cc2S(=O)(=O)NC(C)C)c1C. The fraction of sp³-hybridized carbons (Fsp3) is 0.407. The lowest BCUT2D eigenvalue weighted by Gasteiger charge is -2.16. The van der Waals surface area contributed by atoms with Gasteiger partial charge < -0.3 is 14.8 Å². The predicted octanol–water partition coefficient (Wildman–Crippen LogP) is 4.09. The fourth-order valence-electron chi connectivity index (χ4n) is 4.42. The molecule has 0 unspecified atom stereocenters. The van der Waals surface area contributed by atoms with Gasteiger partial charge in [-0.25, -0.2) is 13.1 Å². The van der Waals surface area contributed by atoms with Crippen LogP contribution in [-0.4, -0.2) is 54.3 Å². The summed E-state index contributed by atoms with van der Waals surface area (Å²) in [6, 6.07) is 8.44. The summed E-state index contributed by atoms with van der Waals surface area (Å²) in [5.41, 5.74) is 2.53. The number of benzene rings is 2. The zero-order valence-corrected chi connectivity index (χ0v) is 23.9. The average Bonchev–Trinajstić information content (AvgIpc) is 3.52. The van der Waals surface area contributed by atoms with Crippen molar-refractivity contribution in [3.63, 3.8) is 0 Å². The van der Waals surface area contributed by atoms with Gasteiger partial charge in [-0.3, -0.25) is 14.9 Å². The minimum Gasteiger partial charge on any atom is -0.437 e. The molecule has 40 heavy (non-hydrogen) atoms. The third-order valence-electron chi connectivity index (χ3n) is 6.63. The Hall–Kier alpha value is -3.81. The molecule has 1 saturated heterocycles. The molecule has 2 N–H and O–H groups in total. The number of nitrogens with zero attached hydrogens (tertiary/aromatic N) is 3. The molecule has 4 rings (SSSR count). The van der Waals surface area contributed by atoms with E-state index >= 15 is 0 Å². The number of aromatic nitrogens is 2. The van der Waals surface area contributed by atoms with E-state index in [1.54, 1.807) is 20.8 Å². The molecule has 2 heterocycles. The Bertz CT molecular complexity index is 1540. The second-order valence-electron chi connectivity index (χ2n) is 10.0. The summed E-state index contributed by atoms with van der Waals surface area (Å²) in [5, 5.41) is 18.9. The molecule has 1 aliphatic heterocycles. The molecule has 0 aliphatic carbocycles. The van der Waals surface area contributed by atoms with Gasteiger partial charge in [0.05, 0.1) is 16.7 Å². The lowest BCUT2D eigenvalue weighted by Crippen LogP contribution is -2.32. The molecule has 1 fully saturated rings. The van der Waals surface area contributed by atoms with Crippen LogP contribution in [0.1, 0.15) is 53.9 Å². The van der Waals surface area contributed by atoms with E-state index in [2.05, 4.69) is 15.1 Å². The molecule has 12 nitrogen and oxygen atoms in total. The largest absolute Gasteiger partial charge is 0.437 e. The van der Waals surface area contributed by atoms with Crippen LogP contribution in [0.5, 0.6) is 11.6 Å². The number of hydrogen-bond acceptors (Lipinski definition) is 8. The number of aryl methyl sites for hydroxylation is 1. The molecule has 1 amide bonds. The van der Waals surface area contributed by atoms with Gasteiger partial charge in [0.2, 0.25) is 15.9 Å². The van der Waals surface area contributed by atoms with Crippen LogP contribution in [0.25, 0.3) is 5.69 Å². The van der Waals surface area contributed by atoms with Gasteiger partial charge in [-0.05, 0) is 70.7 Å². The highest BCUT2D eigenvalue weighted by Gasteiger charge is 2.29. The first-order valence-electron chi connectivity index (χ1n) is 12.9. The number of nitro benzene ring substituents is 1.